The maximum atomic E-state index is 11.3. The fraction of sp³-hybridized carbons (Fsp3) is 0.667. The minimum Gasteiger partial charge on any atom is -1.00 e. The number of unbranched alkanes of at least 4 members (excludes halogenated alkanes) is 7. The Labute approximate surface area is 158 Å². The standard InChI is InChI=1S/C15H23NO4.Ca.2H/c17-13-10-11-14(18)16(13)12-8-6-4-2-1-3-5-7-9-15(19)20;;;/h10-11H,1-9,12H2,(H,19,20);;;/q;+2;2*-1. The number of carboxylic acid groups (broad SMARTS) is 1. The topological polar surface area (TPSA) is 74.7 Å². The molecule has 1 aliphatic rings. The van der Waals surface area contributed by atoms with Crippen LogP contribution in [0, 0.1) is 0 Å². The molecule has 0 spiro atoms. The molecule has 1 aliphatic heterocycles. The van der Waals surface area contributed by atoms with Crippen molar-refractivity contribution in [1.29, 1.82) is 0 Å². The molecule has 0 bridgehead atoms. The van der Waals surface area contributed by atoms with Gasteiger partial charge in [0.25, 0.3) is 11.8 Å². The summed E-state index contributed by atoms with van der Waals surface area (Å²) in [5, 5.41) is 8.48. The summed E-state index contributed by atoms with van der Waals surface area (Å²) in [6.45, 7) is 0.517. The van der Waals surface area contributed by atoms with E-state index in [1.165, 1.54) is 17.1 Å². The van der Waals surface area contributed by atoms with Gasteiger partial charge in [-0.2, -0.15) is 0 Å². The number of hydrogen-bond donors (Lipinski definition) is 1. The molecule has 0 fully saturated rings. The number of carboxylic acids is 1. The Kier molecular flexibility index (Phi) is 12.0. The van der Waals surface area contributed by atoms with Crippen molar-refractivity contribution < 1.29 is 22.3 Å². The molecule has 0 saturated carbocycles. The molecule has 1 heterocycles. The Morgan fingerprint density at radius 3 is 1.81 bits per heavy atom. The Balaban J connectivity index is -0.00000133. The molecule has 6 heteroatoms. The summed E-state index contributed by atoms with van der Waals surface area (Å²) in [6, 6.07) is 0. The van der Waals surface area contributed by atoms with Gasteiger partial charge in [0, 0.05) is 25.1 Å². The molecule has 1 rings (SSSR count). The number of imide groups is 1. The van der Waals surface area contributed by atoms with Crippen LogP contribution < -0.4 is 0 Å². The van der Waals surface area contributed by atoms with Crippen molar-refractivity contribution in [3.05, 3.63) is 12.2 Å². The quantitative estimate of drug-likeness (QED) is 0.360. The largest absolute Gasteiger partial charge is 2.00 e. The van der Waals surface area contributed by atoms with E-state index < -0.39 is 5.97 Å². The second-order valence-corrected chi connectivity index (χ2v) is 5.13. The fourth-order valence-corrected chi connectivity index (χ4v) is 2.26. The van der Waals surface area contributed by atoms with E-state index in [-0.39, 0.29) is 58.8 Å². The third-order valence-electron chi connectivity index (χ3n) is 3.42. The Hall–Kier alpha value is -0.390. The first-order valence-corrected chi connectivity index (χ1v) is 7.36. The molecule has 0 aromatic rings. The maximum absolute atomic E-state index is 11.3. The van der Waals surface area contributed by atoms with E-state index in [1.807, 2.05) is 0 Å². The molecule has 0 saturated heterocycles. The average Bonchev–Trinajstić information content (AvgIpc) is 2.71. The Morgan fingerprint density at radius 1 is 0.905 bits per heavy atom. The Morgan fingerprint density at radius 2 is 1.33 bits per heavy atom. The van der Waals surface area contributed by atoms with Crippen molar-refractivity contribution in [2.45, 2.75) is 57.8 Å². The van der Waals surface area contributed by atoms with E-state index in [9.17, 15) is 14.4 Å². The molecule has 0 aliphatic carbocycles. The normalized spacial score (nSPS) is 13.6. The number of aliphatic carboxylic acids is 1. The fourth-order valence-electron chi connectivity index (χ4n) is 2.26. The summed E-state index contributed by atoms with van der Waals surface area (Å²) in [4.78, 5) is 34.1. The molecule has 0 aromatic heterocycles. The first kappa shape index (κ1) is 20.6. The van der Waals surface area contributed by atoms with Crippen LogP contribution in [0.3, 0.4) is 0 Å². The van der Waals surface area contributed by atoms with Crippen LogP contribution in [-0.2, 0) is 14.4 Å². The monoisotopic (exact) mass is 323 g/mol. The van der Waals surface area contributed by atoms with Crippen LogP contribution in [0.25, 0.3) is 0 Å². The first-order valence-electron chi connectivity index (χ1n) is 7.36. The molecule has 0 atom stereocenters. The molecule has 116 valence electrons. The van der Waals surface area contributed by atoms with Gasteiger partial charge in [0.05, 0.1) is 0 Å². The number of rotatable bonds is 11. The molecule has 21 heavy (non-hydrogen) atoms. The number of nitrogens with zero attached hydrogens (tertiary/aromatic N) is 1. The summed E-state index contributed by atoms with van der Waals surface area (Å²) in [5.74, 6) is -1.12. The van der Waals surface area contributed by atoms with Gasteiger partial charge in [0.15, 0.2) is 0 Å². The van der Waals surface area contributed by atoms with Crippen molar-refractivity contribution in [1.82, 2.24) is 4.90 Å². The second kappa shape index (κ2) is 12.2. The van der Waals surface area contributed by atoms with Gasteiger partial charge in [-0.05, 0) is 12.8 Å². The van der Waals surface area contributed by atoms with E-state index in [0.717, 1.165) is 51.4 Å². The molecular formula is C15H25CaNO4. The second-order valence-electron chi connectivity index (χ2n) is 5.13. The van der Waals surface area contributed by atoms with Crippen LogP contribution in [0.2, 0.25) is 0 Å². The smallest absolute Gasteiger partial charge is 1.00 e. The van der Waals surface area contributed by atoms with Crippen molar-refractivity contribution in [3.8, 4) is 0 Å². The number of amides is 2. The molecule has 5 nitrogen and oxygen atoms in total. The van der Waals surface area contributed by atoms with Gasteiger partial charge < -0.3 is 7.96 Å². The van der Waals surface area contributed by atoms with Crippen molar-refractivity contribution in [2.75, 3.05) is 6.54 Å². The van der Waals surface area contributed by atoms with Gasteiger partial charge in [0.2, 0.25) is 0 Å². The van der Waals surface area contributed by atoms with Gasteiger partial charge in [0.1, 0.15) is 0 Å². The molecule has 0 unspecified atom stereocenters. The summed E-state index contributed by atoms with van der Waals surface area (Å²) in [6.07, 6.45) is 11.0. The zero-order valence-corrected chi connectivity index (χ0v) is 14.8. The molecule has 0 aromatic carbocycles. The van der Waals surface area contributed by atoms with E-state index >= 15 is 0 Å². The molecule has 1 N–H and O–H groups in total. The minimum absolute atomic E-state index is 0. The average molecular weight is 323 g/mol. The summed E-state index contributed by atoms with van der Waals surface area (Å²) in [5.41, 5.74) is 0. The maximum Gasteiger partial charge on any atom is 2.00 e. The summed E-state index contributed by atoms with van der Waals surface area (Å²) < 4.78 is 0. The van der Waals surface area contributed by atoms with Crippen LogP contribution in [0.15, 0.2) is 12.2 Å². The zero-order valence-electron chi connectivity index (χ0n) is 14.6. The minimum atomic E-state index is -0.717. The summed E-state index contributed by atoms with van der Waals surface area (Å²) >= 11 is 0. The molecule has 2 amide bonds. The SMILES string of the molecule is O=C(O)CCCCCCCCCCN1C(=O)C=CC1=O.[Ca+2].[H-].[H-]. The molecule has 0 radical (unpaired) electrons. The van der Waals surface area contributed by atoms with Crippen molar-refractivity contribution in [2.24, 2.45) is 0 Å². The number of carbonyl (C=O) groups is 3. The summed E-state index contributed by atoms with van der Waals surface area (Å²) in [7, 11) is 0. The van der Waals surface area contributed by atoms with Gasteiger partial charge in [-0.15, -0.1) is 0 Å². The van der Waals surface area contributed by atoms with Gasteiger partial charge in [-0.3, -0.25) is 19.3 Å². The van der Waals surface area contributed by atoms with Gasteiger partial charge >= 0.3 is 43.7 Å². The van der Waals surface area contributed by atoms with Crippen molar-refractivity contribution in [3.63, 3.8) is 0 Å². The van der Waals surface area contributed by atoms with Gasteiger partial charge in [-0.25, -0.2) is 0 Å². The van der Waals surface area contributed by atoms with E-state index in [0.29, 0.717) is 6.54 Å². The van der Waals surface area contributed by atoms with Crippen LogP contribution in [0.4, 0.5) is 0 Å². The van der Waals surface area contributed by atoms with Crippen molar-refractivity contribution >= 4 is 55.5 Å². The van der Waals surface area contributed by atoms with Gasteiger partial charge in [-0.1, -0.05) is 38.5 Å². The van der Waals surface area contributed by atoms with E-state index in [2.05, 4.69) is 0 Å². The van der Waals surface area contributed by atoms with E-state index in [1.54, 1.807) is 0 Å². The first-order chi connectivity index (χ1) is 9.61. The predicted molar refractivity (Wildman–Crippen MR) is 83.0 cm³/mol. The third kappa shape index (κ3) is 9.27. The van der Waals surface area contributed by atoms with E-state index in [4.69, 9.17) is 5.11 Å². The third-order valence-corrected chi connectivity index (χ3v) is 3.42. The van der Waals surface area contributed by atoms with Crippen LogP contribution in [0.5, 0.6) is 0 Å². The number of hydrogen-bond acceptors (Lipinski definition) is 3. The number of carbonyl (C=O) groups excluding carboxylic acids is 2. The molecular weight excluding hydrogens is 298 g/mol. The van der Waals surface area contributed by atoms with Crippen LogP contribution in [-0.4, -0.2) is 72.1 Å². The van der Waals surface area contributed by atoms with Crippen LogP contribution >= 0.6 is 0 Å². The predicted octanol–water partition coefficient (Wildman–Crippen LogP) is 2.35. The zero-order chi connectivity index (χ0) is 14.8. The Bertz CT molecular complexity index is 374. The van der Waals surface area contributed by atoms with Crippen LogP contribution in [0.1, 0.15) is 60.6 Å².